The van der Waals surface area contributed by atoms with Gasteiger partial charge in [-0.05, 0) is 40.8 Å². The van der Waals surface area contributed by atoms with Gasteiger partial charge in [-0.15, -0.1) is 6.42 Å². The molecule has 0 bridgehead atoms. The number of benzene rings is 1. The van der Waals surface area contributed by atoms with Crippen LogP contribution in [-0.4, -0.2) is 32.8 Å². The van der Waals surface area contributed by atoms with Gasteiger partial charge in [0.25, 0.3) is 5.95 Å². The van der Waals surface area contributed by atoms with E-state index in [4.69, 9.17) is 6.42 Å². The van der Waals surface area contributed by atoms with Gasteiger partial charge in [0.15, 0.2) is 0 Å². The molecule has 0 radical (unpaired) electrons. The minimum Gasteiger partial charge on any atom is -0.369 e. The largest absolute Gasteiger partial charge is 0.369 e. The van der Waals surface area contributed by atoms with Crippen LogP contribution in [0.5, 0.6) is 0 Å². The number of aromatic nitrogens is 4. The Morgan fingerprint density at radius 3 is 2.72 bits per heavy atom. The van der Waals surface area contributed by atoms with Crippen molar-refractivity contribution in [3.05, 3.63) is 34.9 Å². The van der Waals surface area contributed by atoms with Gasteiger partial charge in [0.2, 0.25) is 0 Å². The number of fused-ring (bicyclic) bond motifs is 1. The molecule has 1 saturated carbocycles. The lowest BCUT2D eigenvalue weighted by Gasteiger charge is -2.13. The Bertz CT molecular complexity index is 954. The summed E-state index contributed by atoms with van der Waals surface area (Å²) in [4.78, 5) is 9.27. The first-order valence-corrected chi connectivity index (χ1v) is 8.97. The van der Waals surface area contributed by atoms with Crippen molar-refractivity contribution in [3.8, 4) is 18.3 Å². The molecule has 126 valence electrons. The molecule has 2 N–H and O–H groups in total. The first-order chi connectivity index (χ1) is 12.3. The van der Waals surface area contributed by atoms with Crippen LogP contribution >= 0.6 is 15.9 Å². The molecule has 1 fully saturated rings. The summed E-state index contributed by atoms with van der Waals surface area (Å²) in [5, 5.41) is 12.0. The van der Waals surface area contributed by atoms with Crippen LogP contribution in [0.4, 0.5) is 11.6 Å². The van der Waals surface area contributed by atoms with Crippen LogP contribution in [0.3, 0.4) is 0 Å². The van der Waals surface area contributed by atoms with Gasteiger partial charge in [-0.3, -0.25) is 0 Å². The first kappa shape index (κ1) is 15.9. The zero-order valence-corrected chi connectivity index (χ0v) is 15.1. The van der Waals surface area contributed by atoms with Crippen molar-refractivity contribution in [2.24, 2.45) is 5.92 Å². The van der Waals surface area contributed by atoms with Crippen molar-refractivity contribution in [3.63, 3.8) is 0 Å². The van der Waals surface area contributed by atoms with E-state index in [-0.39, 0.29) is 0 Å². The number of halogens is 1. The zero-order chi connectivity index (χ0) is 17.2. The molecule has 1 aromatic carbocycles. The summed E-state index contributed by atoms with van der Waals surface area (Å²) >= 11 is 3.58. The summed E-state index contributed by atoms with van der Waals surface area (Å²) < 4.78 is 2.52. The fraction of sp³-hybridized carbons (Fsp3) is 0.278. The van der Waals surface area contributed by atoms with Gasteiger partial charge < -0.3 is 10.6 Å². The molecule has 6 nitrogen and oxygen atoms in total. The number of anilines is 2. The first-order valence-electron chi connectivity index (χ1n) is 8.18. The van der Waals surface area contributed by atoms with Crippen LogP contribution in [0.25, 0.3) is 16.9 Å². The van der Waals surface area contributed by atoms with E-state index in [9.17, 15) is 0 Å². The Kier molecular flexibility index (Phi) is 4.28. The standard InChI is InChI=1S/C18H17BrN6/c1-2-9-20-16-15(19)17(21-10-12-7-8-12)24-18(23-16)25-14-6-4-3-5-13(14)11-22-25/h1,3-6,11-12H,7-10H2,(H2,20,21,23,24). The van der Waals surface area contributed by atoms with Crippen molar-refractivity contribution < 1.29 is 0 Å². The van der Waals surface area contributed by atoms with E-state index >= 15 is 0 Å². The van der Waals surface area contributed by atoms with Gasteiger partial charge in [0, 0.05) is 11.9 Å². The molecule has 1 aliphatic rings. The average molecular weight is 397 g/mol. The molecular weight excluding hydrogens is 380 g/mol. The van der Waals surface area contributed by atoms with Crippen LogP contribution in [-0.2, 0) is 0 Å². The fourth-order valence-electron chi connectivity index (χ4n) is 2.59. The lowest BCUT2D eigenvalue weighted by Crippen LogP contribution is -2.13. The number of hydrogen-bond acceptors (Lipinski definition) is 5. The lowest BCUT2D eigenvalue weighted by atomic mass is 10.3. The average Bonchev–Trinajstić information content (AvgIpc) is 3.37. The molecular formula is C18H17BrN6. The second kappa shape index (κ2) is 6.73. The molecule has 0 atom stereocenters. The maximum absolute atomic E-state index is 5.37. The van der Waals surface area contributed by atoms with Gasteiger partial charge in [0.05, 0.1) is 18.3 Å². The minimum atomic E-state index is 0.386. The number of para-hydroxylation sites is 1. The number of nitrogens with zero attached hydrogens (tertiary/aromatic N) is 4. The molecule has 7 heteroatoms. The summed E-state index contributed by atoms with van der Waals surface area (Å²) in [5.74, 6) is 5.21. The van der Waals surface area contributed by atoms with E-state index in [1.165, 1.54) is 12.8 Å². The predicted molar refractivity (Wildman–Crippen MR) is 103 cm³/mol. The normalized spacial score (nSPS) is 13.6. The maximum Gasteiger partial charge on any atom is 0.255 e. The highest BCUT2D eigenvalue weighted by Crippen LogP contribution is 2.32. The SMILES string of the molecule is C#CCNc1nc(-n2ncc3ccccc32)nc(NCC2CC2)c1Br. The van der Waals surface area contributed by atoms with Gasteiger partial charge in [-0.1, -0.05) is 24.1 Å². The molecule has 0 amide bonds. The second-order valence-corrected chi connectivity index (χ2v) is 6.82. The molecule has 3 aromatic rings. The molecule has 0 aliphatic heterocycles. The molecule has 0 spiro atoms. The zero-order valence-electron chi connectivity index (χ0n) is 13.5. The molecule has 2 aromatic heterocycles. The summed E-state index contributed by atoms with van der Waals surface area (Å²) in [6, 6.07) is 7.98. The van der Waals surface area contributed by atoms with Crippen LogP contribution in [0.15, 0.2) is 34.9 Å². The Morgan fingerprint density at radius 2 is 1.96 bits per heavy atom. The summed E-state index contributed by atoms with van der Waals surface area (Å²) in [7, 11) is 0. The Morgan fingerprint density at radius 1 is 1.20 bits per heavy atom. The molecule has 1 aliphatic carbocycles. The fourth-order valence-corrected chi connectivity index (χ4v) is 3.05. The number of hydrogen-bond donors (Lipinski definition) is 2. The molecule has 0 saturated heterocycles. The molecule has 0 unspecified atom stereocenters. The highest BCUT2D eigenvalue weighted by atomic mass is 79.9. The summed E-state index contributed by atoms with van der Waals surface area (Å²) in [6.07, 6.45) is 9.73. The van der Waals surface area contributed by atoms with Crippen molar-refractivity contribution in [2.75, 3.05) is 23.7 Å². The summed E-state index contributed by atoms with van der Waals surface area (Å²) in [6.45, 7) is 1.29. The highest BCUT2D eigenvalue weighted by molar-refractivity contribution is 9.10. The third kappa shape index (κ3) is 3.30. The van der Waals surface area contributed by atoms with E-state index in [0.717, 1.165) is 33.7 Å². The van der Waals surface area contributed by atoms with E-state index in [1.807, 2.05) is 30.5 Å². The van der Waals surface area contributed by atoms with Gasteiger partial charge in [-0.25, -0.2) is 0 Å². The third-order valence-corrected chi connectivity index (χ3v) is 4.87. The van der Waals surface area contributed by atoms with Crippen molar-refractivity contribution in [1.82, 2.24) is 19.7 Å². The Balaban J connectivity index is 1.77. The summed E-state index contributed by atoms with van der Waals surface area (Å²) in [5.41, 5.74) is 0.959. The second-order valence-electron chi connectivity index (χ2n) is 6.03. The molecule has 25 heavy (non-hydrogen) atoms. The Labute approximate surface area is 154 Å². The van der Waals surface area contributed by atoms with Gasteiger partial charge in [-0.2, -0.15) is 19.7 Å². The van der Waals surface area contributed by atoms with Crippen molar-refractivity contribution in [2.45, 2.75) is 12.8 Å². The monoisotopic (exact) mass is 396 g/mol. The van der Waals surface area contributed by atoms with Crippen LogP contribution in [0.1, 0.15) is 12.8 Å². The van der Waals surface area contributed by atoms with E-state index in [1.54, 1.807) is 4.68 Å². The maximum atomic E-state index is 5.37. The highest BCUT2D eigenvalue weighted by Gasteiger charge is 2.22. The number of nitrogens with one attached hydrogen (secondary N) is 2. The molecule has 4 rings (SSSR count). The van der Waals surface area contributed by atoms with Gasteiger partial charge >= 0.3 is 0 Å². The smallest absolute Gasteiger partial charge is 0.255 e. The number of rotatable bonds is 6. The van der Waals surface area contributed by atoms with Crippen LogP contribution in [0.2, 0.25) is 0 Å². The number of terminal acetylenes is 1. The van der Waals surface area contributed by atoms with E-state index < -0.39 is 0 Å². The van der Waals surface area contributed by atoms with Crippen molar-refractivity contribution in [1.29, 1.82) is 0 Å². The quantitative estimate of drug-likeness (QED) is 0.624. The predicted octanol–water partition coefficient (Wildman–Crippen LogP) is 3.45. The topological polar surface area (TPSA) is 67.7 Å². The van der Waals surface area contributed by atoms with E-state index in [0.29, 0.717) is 18.3 Å². The minimum absolute atomic E-state index is 0.386. The Hall–Kier alpha value is -2.59. The van der Waals surface area contributed by atoms with Crippen LogP contribution in [0, 0.1) is 18.3 Å². The van der Waals surface area contributed by atoms with E-state index in [2.05, 4.69) is 47.6 Å². The lowest BCUT2D eigenvalue weighted by molar-refractivity contribution is 0.824. The van der Waals surface area contributed by atoms with Crippen LogP contribution < -0.4 is 10.6 Å². The third-order valence-electron chi connectivity index (χ3n) is 4.12. The van der Waals surface area contributed by atoms with Gasteiger partial charge in [0.1, 0.15) is 16.1 Å². The molecule has 2 heterocycles. The van der Waals surface area contributed by atoms with Crippen molar-refractivity contribution >= 4 is 38.5 Å².